The minimum absolute atomic E-state index is 0.0249. The lowest BCUT2D eigenvalue weighted by molar-refractivity contribution is -0.149. The minimum atomic E-state index is -0.783. The zero-order chi connectivity index (χ0) is 19.2. The highest BCUT2D eigenvalue weighted by atomic mass is 16.4. The van der Waals surface area contributed by atoms with Gasteiger partial charge in [0.05, 0.1) is 5.41 Å². The number of anilines is 2. The Morgan fingerprint density at radius 2 is 1.89 bits per heavy atom. The van der Waals surface area contributed by atoms with Crippen LogP contribution in [0.15, 0.2) is 24.3 Å². The second-order valence-electron chi connectivity index (χ2n) is 8.03. The fourth-order valence-electron chi connectivity index (χ4n) is 4.68. The van der Waals surface area contributed by atoms with Crippen LogP contribution in [0, 0.1) is 11.3 Å². The van der Waals surface area contributed by atoms with Crippen LogP contribution in [0.4, 0.5) is 16.2 Å². The van der Waals surface area contributed by atoms with Crippen molar-refractivity contribution in [3.63, 3.8) is 0 Å². The van der Waals surface area contributed by atoms with Crippen molar-refractivity contribution < 1.29 is 19.5 Å². The summed E-state index contributed by atoms with van der Waals surface area (Å²) in [6.45, 7) is 2.34. The van der Waals surface area contributed by atoms with Crippen LogP contribution >= 0.6 is 0 Å². The summed E-state index contributed by atoms with van der Waals surface area (Å²) in [6, 6.07) is 7.28. The number of carboxylic acids is 1. The molecular formula is C20H25N3O4. The maximum absolute atomic E-state index is 12.6. The van der Waals surface area contributed by atoms with E-state index in [4.69, 9.17) is 0 Å². The smallest absolute Gasteiger partial charge is 0.321 e. The molecule has 1 saturated heterocycles. The van der Waals surface area contributed by atoms with Gasteiger partial charge in [0.25, 0.3) is 0 Å². The second-order valence-corrected chi connectivity index (χ2v) is 8.03. The third kappa shape index (κ3) is 3.15. The number of carbonyl (C=O) groups is 3. The highest BCUT2D eigenvalue weighted by Gasteiger charge is 2.55. The van der Waals surface area contributed by atoms with Gasteiger partial charge in [0.2, 0.25) is 5.91 Å². The van der Waals surface area contributed by atoms with E-state index in [1.165, 1.54) is 0 Å². The van der Waals surface area contributed by atoms with Crippen molar-refractivity contribution in [3.05, 3.63) is 24.3 Å². The van der Waals surface area contributed by atoms with E-state index in [1.54, 1.807) is 28.9 Å². The van der Waals surface area contributed by atoms with Crippen LogP contribution in [0.1, 0.15) is 39.0 Å². The van der Waals surface area contributed by atoms with Crippen molar-refractivity contribution in [3.8, 4) is 0 Å². The van der Waals surface area contributed by atoms with Gasteiger partial charge in [-0.25, -0.2) is 4.79 Å². The summed E-state index contributed by atoms with van der Waals surface area (Å²) in [5.74, 6) is -0.711. The van der Waals surface area contributed by atoms with Gasteiger partial charge < -0.3 is 20.2 Å². The number of carboxylic acid groups (broad SMARTS) is 1. The molecule has 0 spiro atoms. The topological polar surface area (TPSA) is 90.0 Å². The first-order valence-corrected chi connectivity index (χ1v) is 9.60. The number of rotatable bonds is 4. The van der Waals surface area contributed by atoms with Gasteiger partial charge in [-0.1, -0.05) is 6.42 Å². The van der Waals surface area contributed by atoms with Gasteiger partial charge in [0, 0.05) is 37.4 Å². The van der Waals surface area contributed by atoms with Crippen LogP contribution in [-0.2, 0) is 9.59 Å². The molecule has 1 heterocycles. The fraction of sp³-hybridized carbons (Fsp3) is 0.550. The number of amides is 3. The van der Waals surface area contributed by atoms with Crippen LogP contribution in [0.2, 0.25) is 0 Å². The number of likely N-dealkylation sites (tertiary alicyclic amines) is 1. The molecule has 144 valence electrons. The summed E-state index contributed by atoms with van der Waals surface area (Å²) >= 11 is 0. The minimum Gasteiger partial charge on any atom is -0.481 e. The molecule has 1 aromatic rings. The number of carbonyl (C=O) groups excluding carboxylic acids is 2. The second kappa shape index (κ2) is 6.55. The fourth-order valence-corrected chi connectivity index (χ4v) is 4.68. The third-order valence-corrected chi connectivity index (χ3v) is 6.23. The Morgan fingerprint density at radius 1 is 1.19 bits per heavy atom. The molecule has 2 aliphatic carbocycles. The zero-order valence-corrected chi connectivity index (χ0v) is 15.5. The Kier molecular flexibility index (Phi) is 4.32. The molecule has 2 saturated carbocycles. The van der Waals surface area contributed by atoms with Crippen molar-refractivity contribution in [1.29, 1.82) is 0 Å². The lowest BCUT2D eigenvalue weighted by Crippen LogP contribution is -2.38. The largest absolute Gasteiger partial charge is 0.481 e. The van der Waals surface area contributed by atoms with E-state index in [2.05, 4.69) is 5.32 Å². The van der Waals surface area contributed by atoms with Crippen molar-refractivity contribution >= 4 is 29.3 Å². The van der Waals surface area contributed by atoms with Crippen molar-refractivity contribution in [1.82, 2.24) is 4.90 Å². The van der Waals surface area contributed by atoms with Crippen molar-refractivity contribution in [2.45, 2.75) is 45.1 Å². The Balaban J connectivity index is 1.42. The van der Waals surface area contributed by atoms with Crippen LogP contribution < -0.4 is 10.2 Å². The van der Waals surface area contributed by atoms with Crippen LogP contribution in [0.5, 0.6) is 0 Å². The van der Waals surface area contributed by atoms with Crippen LogP contribution in [-0.4, -0.2) is 47.0 Å². The molecule has 7 heteroatoms. The summed E-state index contributed by atoms with van der Waals surface area (Å²) in [7, 11) is 0. The number of nitrogens with one attached hydrogen (secondary N) is 1. The van der Waals surface area contributed by atoms with Gasteiger partial charge in [-0.05, 0) is 55.9 Å². The molecule has 0 bridgehead atoms. The molecule has 3 aliphatic rings. The molecular weight excluding hydrogens is 346 g/mol. The van der Waals surface area contributed by atoms with Crippen LogP contribution in [0.3, 0.4) is 0 Å². The number of fused-ring (bicyclic) bond motifs is 1. The molecule has 1 aliphatic heterocycles. The molecule has 7 nitrogen and oxygen atoms in total. The molecule has 2 N–H and O–H groups in total. The summed E-state index contributed by atoms with van der Waals surface area (Å²) in [5, 5.41) is 12.5. The van der Waals surface area contributed by atoms with E-state index in [0.29, 0.717) is 24.7 Å². The van der Waals surface area contributed by atoms with E-state index in [0.717, 1.165) is 31.4 Å². The van der Waals surface area contributed by atoms with Gasteiger partial charge >= 0.3 is 12.0 Å². The SMILES string of the molecule is CC(=O)N(c1ccc(NC(=O)N2C[C@@H]3CCC[C@@]3(C(=O)O)C2)cc1)C1CC1. The monoisotopic (exact) mass is 371 g/mol. The van der Waals surface area contributed by atoms with E-state index >= 15 is 0 Å². The predicted octanol–water partition coefficient (Wildman–Crippen LogP) is 2.92. The average Bonchev–Trinajstić information content (AvgIpc) is 3.23. The molecule has 0 unspecified atom stereocenters. The summed E-state index contributed by atoms with van der Waals surface area (Å²) in [6.07, 6.45) is 4.49. The Labute approximate surface area is 158 Å². The standard InChI is InChI=1S/C20H25N3O4/c1-13(24)23(17-8-9-17)16-6-4-15(5-7-16)21-19(27)22-11-14-3-2-10-20(14,12-22)18(25)26/h4-7,14,17H,2-3,8-12H2,1H3,(H,21,27)(H,25,26)/t14-,20+/m0/s1. The summed E-state index contributed by atoms with van der Waals surface area (Å²) in [4.78, 5) is 39.6. The quantitative estimate of drug-likeness (QED) is 0.851. The number of hydrogen-bond donors (Lipinski definition) is 2. The number of benzene rings is 1. The third-order valence-electron chi connectivity index (χ3n) is 6.23. The normalized spacial score (nSPS) is 26.6. The van der Waals surface area contributed by atoms with Gasteiger partial charge in [-0.3, -0.25) is 9.59 Å². The number of nitrogens with zero attached hydrogens (tertiary/aromatic N) is 2. The first kappa shape index (κ1) is 17.8. The lowest BCUT2D eigenvalue weighted by atomic mass is 9.81. The highest BCUT2D eigenvalue weighted by molar-refractivity contribution is 5.94. The highest BCUT2D eigenvalue weighted by Crippen LogP contribution is 2.49. The summed E-state index contributed by atoms with van der Waals surface area (Å²) < 4.78 is 0. The molecule has 3 fully saturated rings. The van der Waals surface area contributed by atoms with Crippen molar-refractivity contribution in [2.75, 3.05) is 23.3 Å². The predicted molar refractivity (Wildman–Crippen MR) is 101 cm³/mol. The lowest BCUT2D eigenvalue weighted by Gasteiger charge is -2.23. The van der Waals surface area contributed by atoms with E-state index in [9.17, 15) is 19.5 Å². The molecule has 1 aromatic carbocycles. The van der Waals surface area contributed by atoms with Crippen LogP contribution in [0.25, 0.3) is 0 Å². The van der Waals surface area contributed by atoms with E-state index in [1.807, 2.05) is 12.1 Å². The van der Waals surface area contributed by atoms with Gasteiger partial charge in [-0.15, -0.1) is 0 Å². The number of aliphatic carboxylic acids is 1. The molecule has 2 atom stereocenters. The van der Waals surface area contributed by atoms with Crippen molar-refractivity contribution in [2.24, 2.45) is 11.3 Å². The molecule has 27 heavy (non-hydrogen) atoms. The zero-order valence-electron chi connectivity index (χ0n) is 15.5. The molecule has 3 amide bonds. The first-order chi connectivity index (χ1) is 12.9. The Bertz CT molecular complexity index is 774. The maximum atomic E-state index is 12.6. The van der Waals surface area contributed by atoms with Gasteiger partial charge in [0.1, 0.15) is 0 Å². The van der Waals surface area contributed by atoms with Gasteiger partial charge in [0.15, 0.2) is 0 Å². The van der Waals surface area contributed by atoms with E-state index < -0.39 is 11.4 Å². The van der Waals surface area contributed by atoms with Gasteiger partial charge in [-0.2, -0.15) is 0 Å². The number of hydrogen-bond acceptors (Lipinski definition) is 3. The molecule has 0 radical (unpaired) electrons. The molecule has 0 aromatic heterocycles. The maximum Gasteiger partial charge on any atom is 0.321 e. The summed E-state index contributed by atoms with van der Waals surface area (Å²) in [5.41, 5.74) is 0.709. The Hall–Kier alpha value is -2.57. The number of urea groups is 1. The average molecular weight is 371 g/mol. The molecule has 4 rings (SSSR count). The van der Waals surface area contributed by atoms with E-state index in [-0.39, 0.29) is 24.4 Å². The first-order valence-electron chi connectivity index (χ1n) is 9.60. The Morgan fingerprint density at radius 3 is 2.44 bits per heavy atom.